The van der Waals surface area contributed by atoms with Gasteiger partial charge in [0, 0.05) is 38.7 Å². The second-order valence-corrected chi connectivity index (χ2v) is 18.0. The van der Waals surface area contributed by atoms with Gasteiger partial charge in [-0.2, -0.15) is 5.10 Å². The van der Waals surface area contributed by atoms with Gasteiger partial charge in [0.1, 0.15) is 24.1 Å². The Hall–Kier alpha value is -2.96. The van der Waals surface area contributed by atoms with E-state index in [2.05, 4.69) is 39.6 Å². The van der Waals surface area contributed by atoms with E-state index in [1.54, 1.807) is 42.3 Å². The fourth-order valence-electron chi connectivity index (χ4n) is 3.16. The lowest BCUT2D eigenvalue weighted by Crippen LogP contribution is -2.22. The van der Waals surface area contributed by atoms with Crippen LogP contribution < -0.4 is 14.8 Å². The third-order valence-electron chi connectivity index (χ3n) is 5.30. The van der Waals surface area contributed by atoms with Gasteiger partial charge in [-0.15, -0.1) is 0 Å². The molecule has 0 saturated carbocycles. The van der Waals surface area contributed by atoms with Gasteiger partial charge in [-0.3, -0.25) is 9.71 Å². The van der Waals surface area contributed by atoms with Crippen LogP contribution in [0.1, 0.15) is 20.8 Å². The van der Waals surface area contributed by atoms with Gasteiger partial charge in [0.15, 0.2) is 0 Å². The molecule has 3 aromatic rings. The highest BCUT2D eigenvalue weighted by Crippen LogP contribution is 2.33. The summed E-state index contributed by atoms with van der Waals surface area (Å²) in [5.74, 6) is 1.98. The van der Waals surface area contributed by atoms with Crippen molar-refractivity contribution in [2.75, 3.05) is 29.0 Å². The molecule has 0 bridgehead atoms. The van der Waals surface area contributed by atoms with Crippen LogP contribution in [0.5, 0.6) is 5.75 Å². The van der Waals surface area contributed by atoms with Crippen molar-refractivity contribution in [3.63, 3.8) is 0 Å². The van der Waals surface area contributed by atoms with E-state index in [9.17, 15) is 8.42 Å². The number of sulfonamides is 1. The standard InChI is InChI=1S/C25H38N6O4SSi/c1-7-36(32,33)30-21-9-8-20(14-23(21)35-17-19(2)3)22-15-25(28-24-16-26-10-11-27-24)31(29-22)18-34-12-13-37(4,5)6/h8-11,14-16,19,30H,7,12-13,17-18H2,1-6H3,(H,27,28). The van der Waals surface area contributed by atoms with E-state index in [0.29, 0.717) is 42.0 Å². The molecule has 0 radical (unpaired) electrons. The van der Waals surface area contributed by atoms with E-state index in [0.717, 1.165) is 11.6 Å². The molecule has 3 rings (SSSR count). The van der Waals surface area contributed by atoms with Crippen LogP contribution in [0.3, 0.4) is 0 Å². The first-order chi connectivity index (χ1) is 17.5. The maximum absolute atomic E-state index is 12.2. The molecule has 0 fully saturated rings. The second-order valence-electron chi connectivity index (χ2n) is 10.4. The molecular formula is C25H38N6O4SSi. The van der Waals surface area contributed by atoms with Crippen LogP contribution in [0.25, 0.3) is 11.3 Å². The molecule has 0 saturated heterocycles. The number of anilines is 3. The topological polar surface area (TPSA) is 120 Å². The molecule has 37 heavy (non-hydrogen) atoms. The number of benzene rings is 1. The Morgan fingerprint density at radius 2 is 1.92 bits per heavy atom. The first kappa shape index (κ1) is 28.6. The molecule has 1 aromatic carbocycles. The van der Waals surface area contributed by atoms with Gasteiger partial charge in [-0.25, -0.2) is 18.1 Å². The monoisotopic (exact) mass is 546 g/mol. The summed E-state index contributed by atoms with van der Waals surface area (Å²) < 4.78 is 40.7. The van der Waals surface area contributed by atoms with Crippen molar-refractivity contribution < 1.29 is 17.9 Å². The number of rotatable bonds is 14. The molecule has 0 amide bonds. The molecule has 0 aliphatic rings. The zero-order chi connectivity index (χ0) is 27.1. The van der Waals surface area contributed by atoms with Crippen LogP contribution in [-0.2, 0) is 21.5 Å². The second kappa shape index (κ2) is 12.5. The highest BCUT2D eigenvalue weighted by molar-refractivity contribution is 7.92. The minimum atomic E-state index is -3.46. The number of hydrogen-bond acceptors (Lipinski definition) is 8. The fourth-order valence-corrected chi connectivity index (χ4v) is 4.57. The summed E-state index contributed by atoms with van der Waals surface area (Å²) in [7, 11) is -4.67. The van der Waals surface area contributed by atoms with Gasteiger partial charge < -0.3 is 14.8 Å². The molecule has 2 heterocycles. The van der Waals surface area contributed by atoms with Crippen molar-refractivity contribution in [2.24, 2.45) is 5.92 Å². The molecule has 12 heteroatoms. The van der Waals surface area contributed by atoms with E-state index in [1.165, 1.54) is 0 Å². The predicted molar refractivity (Wildman–Crippen MR) is 150 cm³/mol. The average Bonchev–Trinajstić information content (AvgIpc) is 3.23. The highest BCUT2D eigenvalue weighted by atomic mass is 32.2. The Morgan fingerprint density at radius 3 is 2.57 bits per heavy atom. The van der Waals surface area contributed by atoms with Crippen molar-refractivity contribution in [3.8, 4) is 17.0 Å². The average molecular weight is 547 g/mol. The van der Waals surface area contributed by atoms with Crippen LogP contribution in [-0.4, -0.2) is 55.2 Å². The Labute approximate surface area is 220 Å². The molecule has 0 aliphatic heterocycles. The normalized spacial score (nSPS) is 12.1. The summed E-state index contributed by atoms with van der Waals surface area (Å²) in [6, 6.07) is 8.28. The third kappa shape index (κ3) is 9.13. The zero-order valence-electron chi connectivity index (χ0n) is 22.5. The molecule has 0 atom stereocenters. The van der Waals surface area contributed by atoms with Crippen LogP contribution in [0.4, 0.5) is 17.3 Å². The van der Waals surface area contributed by atoms with E-state index >= 15 is 0 Å². The molecule has 0 spiro atoms. The summed E-state index contributed by atoms with van der Waals surface area (Å²) in [4.78, 5) is 8.42. The summed E-state index contributed by atoms with van der Waals surface area (Å²) >= 11 is 0. The third-order valence-corrected chi connectivity index (χ3v) is 8.30. The quantitative estimate of drug-likeness (QED) is 0.209. The van der Waals surface area contributed by atoms with Gasteiger partial charge >= 0.3 is 0 Å². The van der Waals surface area contributed by atoms with Crippen molar-refractivity contribution in [3.05, 3.63) is 42.9 Å². The largest absolute Gasteiger partial charge is 0.491 e. The summed E-state index contributed by atoms with van der Waals surface area (Å²) in [6.45, 7) is 14.0. The molecule has 202 valence electrons. The Bertz CT molecular complexity index is 1260. The number of ether oxygens (including phenoxy) is 2. The fraction of sp³-hybridized carbons (Fsp3) is 0.480. The molecule has 2 aromatic heterocycles. The number of nitrogens with one attached hydrogen (secondary N) is 2. The lowest BCUT2D eigenvalue weighted by atomic mass is 10.1. The molecule has 0 aliphatic carbocycles. The van der Waals surface area contributed by atoms with Crippen molar-refractivity contribution in [2.45, 2.75) is 53.2 Å². The molecular weight excluding hydrogens is 508 g/mol. The maximum atomic E-state index is 12.2. The van der Waals surface area contributed by atoms with Crippen molar-refractivity contribution in [1.82, 2.24) is 19.7 Å². The van der Waals surface area contributed by atoms with Gasteiger partial charge in [0.05, 0.1) is 29.9 Å². The van der Waals surface area contributed by atoms with Gasteiger partial charge in [-0.05, 0) is 31.0 Å². The lowest BCUT2D eigenvalue weighted by Gasteiger charge is -2.16. The molecule has 10 nitrogen and oxygen atoms in total. The number of hydrogen-bond donors (Lipinski definition) is 2. The summed E-state index contributed by atoms with van der Waals surface area (Å²) in [5.41, 5.74) is 1.86. The Morgan fingerprint density at radius 1 is 1.14 bits per heavy atom. The van der Waals surface area contributed by atoms with Crippen LogP contribution in [0, 0.1) is 5.92 Å². The summed E-state index contributed by atoms with van der Waals surface area (Å²) in [5, 5.41) is 8.02. The van der Waals surface area contributed by atoms with Crippen LogP contribution in [0.2, 0.25) is 25.7 Å². The van der Waals surface area contributed by atoms with Crippen LogP contribution in [0.15, 0.2) is 42.9 Å². The number of nitrogens with zero attached hydrogens (tertiary/aromatic N) is 4. The number of aromatic nitrogens is 4. The smallest absolute Gasteiger partial charge is 0.232 e. The van der Waals surface area contributed by atoms with Crippen molar-refractivity contribution in [1.29, 1.82) is 0 Å². The van der Waals surface area contributed by atoms with E-state index in [4.69, 9.17) is 14.6 Å². The van der Waals surface area contributed by atoms with E-state index in [-0.39, 0.29) is 18.4 Å². The zero-order valence-corrected chi connectivity index (χ0v) is 24.3. The first-order valence-electron chi connectivity index (χ1n) is 12.4. The van der Waals surface area contributed by atoms with E-state index in [1.807, 2.05) is 26.0 Å². The minimum absolute atomic E-state index is 0.0299. The lowest BCUT2D eigenvalue weighted by molar-refractivity contribution is 0.0803. The Kier molecular flexibility index (Phi) is 9.68. The highest BCUT2D eigenvalue weighted by Gasteiger charge is 2.17. The van der Waals surface area contributed by atoms with E-state index < -0.39 is 18.1 Å². The van der Waals surface area contributed by atoms with Gasteiger partial charge in [0.2, 0.25) is 10.0 Å². The minimum Gasteiger partial charge on any atom is -0.491 e. The Balaban J connectivity index is 1.92. The molecule has 2 N–H and O–H groups in total. The predicted octanol–water partition coefficient (Wildman–Crippen LogP) is 5.19. The van der Waals surface area contributed by atoms with Gasteiger partial charge in [0.25, 0.3) is 0 Å². The van der Waals surface area contributed by atoms with Crippen molar-refractivity contribution >= 4 is 35.4 Å². The molecule has 0 unspecified atom stereocenters. The maximum Gasteiger partial charge on any atom is 0.232 e. The summed E-state index contributed by atoms with van der Waals surface area (Å²) in [6.07, 6.45) is 4.86. The first-order valence-corrected chi connectivity index (χ1v) is 17.8. The van der Waals surface area contributed by atoms with Gasteiger partial charge in [-0.1, -0.05) is 39.6 Å². The van der Waals surface area contributed by atoms with Crippen LogP contribution >= 0.6 is 0 Å². The SMILES string of the molecule is CCS(=O)(=O)Nc1ccc(-c2cc(Nc3cnccn3)n(COCC[Si](C)(C)C)n2)cc1OCC(C)C.